The van der Waals surface area contributed by atoms with Crippen LogP contribution in [0.15, 0.2) is 0 Å². The minimum atomic E-state index is 0.381. The van der Waals surface area contributed by atoms with Crippen LogP contribution >= 0.6 is 0 Å². The Morgan fingerprint density at radius 3 is 2.68 bits per heavy atom. The second-order valence-corrected chi connectivity index (χ2v) is 6.13. The van der Waals surface area contributed by atoms with E-state index in [1.54, 1.807) is 0 Å². The summed E-state index contributed by atoms with van der Waals surface area (Å²) in [7, 11) is 0. The van der Waals surface area contributed by atoms with Crippen LogP contribution in [0.2, 0.25) is 0 Å². The lowest BCUT2D eigenvalue weighted by Gasteiger charge is -2.54. The molecule has 2 atom stereocenters. The van der Waals surface area contributed by atoms with E-state index in [4.69, 9.17) is 4.74 Å². The summed E-state index contributed by atoms with van der Waals surface area (Å²) in [6.07, 6.45) is 6.93. The average Bonchev–Trinajstić information content (AvgIpc) is 3.00. The summed E-state index contributed by atoms with van der Waals surface area (Å²) in [5, 5.41) is 11.1. The van der Waals surface area contributed by atoms with Gasteiger partial charge in [-0.2, -0.15) is 5.10 Å². The van der Waals surface area contributed by atoms with Gasteiger partial charge in [0.25, 0.3) is 0 Å². The van der Waals surface area contributed by atoms with E-state index >= 15 is 0 Å². The van der Waals surface area contributed by atoms with E-state index in [9.17, 15) is 0 Å². The third kappa shape index (κ3) is 1.97. The fourth-order valence-electron chi connectivity index (χ4n) is 4.03. The van der Waals surface area contributed by atoms with Gasteiger partial charge in [0.15, 0.2) is 0 Å². The van der Waals surface area contributed by atoms with E-state index in [1.165, 1.54) is 31.4 Å². The van der Waals surface area contributed by atoms with Crippen molar-refractivity contribution in [2.24, 2.45) is 5.41 Å². The number of aryl methyl sites for hydroxylation is 2. The molecular weight excluding hydrogens is 238 g/mol. The van der Waals surface area contributed by atoms with Crippen molar-refractivity contribution in [2.45, 2.75) is 65.0 Å². The predicted molar refractivity (Wildman–Crippen MR) is 76.4 cm³/mol. The zero-order valence-electron chi connectivity index (χ0n) is 12.3. The van der Waals surface area contributed by atoms with Gasteiger partial charge in [0, 0.05) is 18.1 Å². The van der Waals surface area contributed by atoms with Gasteiger partial charge in [0.05, 0.1) is 23.2 Å². The van der Waals surface area contributed by atoms with Gasteiger partial charge in [-0.05, 0) is 40.0 Å². The van der Waals surface area contributed by atoms with Crippen molar-refractivity contribution in [2.75, 3.05) is 11.9 Å². The first-order chi connectivity index (χ1) is 9.17. The minimum Gasteiger partial charge on any atom is -0.379 e. The molecule has 106 valence electrons. The van der Waals surface area contributed by atoms with Crippen LogP contribution < -0.4 is 5.32 Å². The number of rotatable bonds is 4. The summed E-state index contributed by atoms with van der Waals surface area (Å²) in [6.45, 7) is 7.09. The van der Waals surface area contributed by atoms with Gasteiger partial charge in [0.1, 0.15) is 0 Å². The molecule has 2 N–H and O–H groups in total. The van der Waals surface area contributed by atoms with Crippen LogP contribution in [0.4, 0.5) is 5.69 Å². The Kier molecular flexibility index (Phi) is 3.29. The van der Waals surface area contributed by atoms with Crippen molar-refractivity contribution in [3.63, 3.8) is 0 Å². The van der Waals surface area contributed by atoms with E-state index in [2.05, 4.69) is 36.3 Å². The molecule has 0 saturated heterocycles. The Morgan fingerprint density at radius 1 is 1.37 bits per heavy atom. The van der Waals surface area contributed by atoms with Crippen LogP contribution in [0.3, 0.4) is 0 Å². The first-order valence-corrected chi connectivity index (χ1v) is 7.57. The number of nitrogens with one attached hydrogen (secondary N) is 2. The summed E-state index contributed by atoms with van der Waals surface area (Å²) in [4.78, 5) is 0. The molecule has 1 aromatic rings. The topological polar surface area (TPSA) is 49.9 Å². The highest BCUT2D eigenvalue weighted by Gasteiger charge is 2.56. The van der Waals surface area contributed by atoms with Gasteiger partial charge in [-0.1, -0.05) is 12.8 Å². The molecule has 4 nitrogen and oxygen atoms in total. The standard InChI is InChI=1S/C15H25N3O/c1-4-19-13-9-12(15(13)7-5-6-8-15)16-14-10(2)17-18-11(14)3/h12-13,16H,4-9H2,1-3H3,(H,17,18). The summed E-state index contributed by atoms with van der Waals surface area (Å²) in [6, 6.07) is 0.557. The molecule has 19 heavy (non-hydrogen) atoms. The van der Waals surface area contributed by atoms with Crippen molar-refractivity contribution in [3.05, 3.63) is 11.4 Å². The molecule has 0 aliphatic heterocycles. The first-order valence-electron chi connectivity index (χ1n) is 7.57. The molecule has 1 spiro atoms. The summed E-state index contributed by atoms with van der Waals surface area (Å²) in [5.74, 6) is 0. The molecule has 2 aliphatic carbocycles. The van der Waals surface area contributed by atoms with Gasteiger partial charge in [0.2, 0.25) is 0 Å². The van der Waals surface area contributed by atoms with Gasteiger partial charge >= 0.3 is 0 Å². The largest absolute Gasteiger partial charge is 0.379 e. The number of hydrogen-bond donors (Lipinski definition) is 2. The predicted octanol–water partition coefficient (Wildman–Crippen LogP) is 3.18. The zero-order chi connectivity index (χ0) is 13.5. The maximum Gasteiger partial charge on any atom is 0.0825 e. The normalized spacial score (nSPS) is 28.6. The van der Waals surface area contributed by atoms with Crippen LogP contribution in [-0.2, 0) is 4.74 Å². The van der Waals surface area contributed by atoms with Crippen LogP contribution in [0.25, 0.3) is 0 Å². The number of hydrogen-bond acceptors (Lipinski definition) is 3. The molecule has 2 saturated carbocycles. The van der Waals surface area contributed by atoms with Gasteiger partial charge < -0.3 is 10.1 Å². The smallest absolute Gasteiger partial charge is 0.0825 e. The highest BCUT2D eigenvalue weighted by Crippen LogP contribution is 2.55. The number of H-pyrrole nitrogens is 1. The van der Waals surface area contributed by atoms with Crippen LogP contribution in [0, 0.1) is 19.3 Å². The molecule has 0 radical (unpaired) electrons. The summed E-state index contributed by atoms with van der Waals surface area (Å²) >= 11 is 0. The van der Waals surface area contributed by atoms with Crippen LogP contribution in [0.5, 0.6) is 0 Å². The lowest BCUT2D eigenvalue weighted by atomic mass is 9.60. The maximum absolute atomic E-state index is 5.96. The zero-order valence-corrected chi connectivity index (χ0v) is 12.3. The molecule has 4 heteroatoms. The number of aromatic nitrogens is 2. The Bertz CT molecular complexity index is 429. The molecule has 2 unspecified atom stereocenters. The third-order valence-corrected chi connectivity index (χ3v) is 5.13. The van der Waals surface area contributed by atoms with Gasteiger partial charge in [-0.25, -0.2) is 0 Å². The van der Waals surface area contributed by atoms with Crippen molar-refractivity contribution in [1.82, 2.24) is 10.2 Å². The summed E-state index contributed by atoms with van der Waals surface area (Å²) in [5.41, 5.74) is 3.80. The van der Waals surface area contributed by atoms with Gasteiger partial charge in [-0.3, -0.25) is 5.10 Å². The Balaban J connectivity index is 1.75. The van der Waals surface area contributed by atoms with E-state index in [1.807, 2.05) is 0 Å². The highest BCUT2D eigenvalue weighted by atomic mass is 16.5. The third-order valence-electron chi connectivity index (χ3n) is 5.13. The molecule has 0 aromatic carbocycles. The maximum atomic E-state index is 5.96. The molecule has 3 rings (SSSR count). The number of nitrogens with zero attached hydrogens (tertiary/aromatic N) is 1. The van der Waals surface area contributed by atoms with Crippen molar-refractivity contribution >= 4 is 5.69 Å². The molecule has 1 heterocycles. The number of aromatic amines is 1. The Labute approximate surface area is 115 Å². The number of ether oxygens (including phenoxy) is 1. The molecular formula is C15H25N3O. The van der Waals surface area contributed by atoms with E-state index in [0.29, 0.717) is 17.6 Å². The van der Waals surface area contributed by atoms with Gasteiger partial charge in [-0.15, -0.1) is 0 Å². The van der Waals surface area contributed by atoms with E-state index in [0.717, 1.165) is 24.4 Å². The van der Waals surface area contributed by atoms with Crippen molar-refractivity contribution in [1.29, 1.82) is 0 Å². The van der Waals surface area contributed by atoms with E-state index in [-0.39, 0.29) is 0 Å². The molecule has 0 bridgehead atoms. The second-order valence-electron chi connectivity index (χ2n) is 6.13. The second kappa shape index (κ2) is 4.82. The number of anilines is 1. The average molecular weight is 263 g/mol. The lowest BCUT2D eigenvalue weighted by Crippen LogP contribution is -2.60. The molecule has 2 aliphatic rings. The highest BCUT2D eigenvalue weighted by molar-refractivity contribution is 5.53. The fourth-order valence-corrected chi connectivity index (χ4v) is 4.03. The molecule has 0 amide bonds. The Hall–Kier alpha value is -1.03. The summed E-state index contributed by atoms with van der Waals surface area (Å²) < 4.78 is 5.96. The van der Waals surface area contributed by atoms with E-state index < -0.39 is 0 Å². The first kappa shape index (κ1) is 13.0. The molecule has 2 fully saturated rings. The fraction of sp³-hybridized carbons (Fsp3) is 0.800. The Morgan fingerprint density at radius 2 is 2.11 bits per heavy atom. The lowest BCUT2D eigenvalue weighted by molar-refractivity contribution is -0.114. The monoisotopic (exact) mass is 263 g/mol. The van der Waals surface area contributed by atoms with Crippen molar-refractivity contribution < 1.29 is 4.74 Å². The minimum absolute atomic E-state index is 0.381. The van der Waals surface area contributed by atoms with Crippen LogP contribution in [0.1, 0.15) is 50.4 Å². The molecule has 1 aromatic heterocycles. The quantitative estimate of drug-likeness (QED) is 0.877. The van der Waals surface area contributed by atoms with Crippen LogP contribution in [-0.4, -0.2) is 29.0 Å². The van der Waals surface area contributed by atoms with Crippen molar-refractivity contribution in [3.8, 4) is 0 Å². The SMILES string of the molecule is CCOC1CC(Nc2c(C)n[nH]c2C)C12CCCC2.